The number of piperidine rings is 1. The highest BCUT2D eigenvalue weighted by Crippen LogP contribution is 2.10. The second-order valence-corrected chi connectivity index (χ2v) is 4.73. The van der Waals surface area contributed by atoms with Gasteiger partial charge < -0.3 is 9.32 Å². The van der Waals surface area contributed by atoms with Crippen LogP contribution in [0.3, 0.4) is 0 Å². The lowest BCUT2D eigenvalue weighted by atomic mass is 10.1. The molecule has 0 saturated carbocycles. The summed E-state index contributed by atoms with van der Waals surface area (Å²) >= 11 is 0. The molecule has 0 radical (unpaired) electrons. The van der Waals surface area contributed by atoms with E-state index in [1.54, 1.807) is 12.1 Å². The van der Waals surface area contributed by atoms with Gasteiger partial charge in [0, 0.05) is 37.7 Å². The first-order chi connectivity index (χ1) is 8.66. The van der Waals surface area contributed by atoms with Gasteiger partial charge in [0.2, 0.25) is 0 Å². The molecule has 1 saturated heterocycles. The molecule has 1 aliphatic heterocycles. The molecule has 0 unspecified atom stereocenters. The first-order valence-electron chi connectivity index (χ1n) is 6.30. The average Bonchev–Trinajstić information content (AvgIpc) is 2.90. The van der Waals surface area contributed by atoms with Gasteiger partial charge in [0.15, 0.2) is 5.76 Å². The molecule has 1 aromatic heterocycles. The number of likely N-dealkylation sites (tertiary alicyclic amines) is 1. The van der Waals surface area contributed by atoms with Crippen molar-refractivity contribution in [2.24, 2.45) is 5.10 Å². The van der Waals surface area contributed by atoms with E-state index in [1.165, 1.54) is 6.26 Å². The van der Waals surface area contributed by atoms with Crippen molar-refractivity contribution >= 4 is 11.6 Å². The fourth-order valence-electron chi connectivity index (χ4n) is 2.00. The van der Waals surface area contributed by atoms with Crippen molar-refractivity contribution in [1.29, 1.82) is 0 Å². The number of furan rings is 1. The van der Waals surface area contributed by atoms with Crippen LogP contribution in [0, 0.1) is 0 Å². The highest BCUT2D eigenvalue weighted by molar-refractivity contribution is 5.93. The summed E-state index contributed by atoms with van der Waals surface area (Å²) in [5.41, 5.74) is 3.58. The zero-order valence-corrected chi connectivity index (χ0v) is 10.8. The quantitative estimate of drug-likeness (QED) is 0.832. The Hall–Kier alpha value is -1.62. The van der Waals surface area contributed by atoms with Crippen LogP contribution >= 0.6 is 0 Å². The van der Waals surface area contributed by atoms with Gasteiger partial charge >= 0.3 is 5.91 Å². The topological polar surface area (TPSA) is 57.8 Å². The van der Waals surface area contributed by atoms with Crippen LogP contribution in [0.5, 0.6) is 0 Å². The molecule has 1 N–H and O–H groups in total. The van der Waals surface area contributed by atoms with Gasteiger partial charge in [-0.3, -0.25) is 4.79 Å². The molecule has 18 heavy (non-hydrogen) atoms. The van der Waals surface area contributed by atoms with Crippen LogP contribution in [-0.2, 0) is 0 Å². The van der Waals surface area contributed by atoms with E-state index < -0.39 is 0 Å². The maximum absolute atomic E-state index is 11.6. The largest absolute Gasteiger partial charge is 0.459 e. The standard InChI is InChI=1S/C13H19N3O2/c1-10(2)16-7-5-11(6-8-16)14-15-13(17)12-4-3-9-18-12/h3-4,9-10H,5-8H2,1-2H3,(H,15,17). The maximum atomic E-state index is 11.6. The molecule has 5 nitrogen and oxygen atoms in total. The Morgan fingerprint density at radius 2 is 2.17 bits per heavy atom. The lowest BCUT2D eigenvalue weighted by Gasteiger charge is -2.30. The van der Waals surface area contributed by atoms with Crippen molar-refractivity contribution in [2.75, 3.05) is 13.1 Å². The number of hydrazone groups is 1. The van der Waals surface area contributed by atoms with Crippen molar-refractivity contribution < 1.29 is 9.21 Å². The Labute approximate surface area is 107 Å². The van der Waals surface area contributed by atoms with Crippen LogP contribution in [0.2, 0.25) is 0 Å². The number of carbonyl (C=O) groups excluding carboxylic acids is 1. The van der Waals surface area contributed by atoms with Gasteiger partial charge in [0.25, 0.3) is 0 Å². The average molecular weight is 249 g/mol. The van der Waals surface area contributed by atoms with Crippen molar-refractivity contribution in [3.63, 3.8) is 0 Å². The maximum Gasteiger partial charge on any atom is 0.307 e. The summed E-state index contributed by atoms with van der Waals surface area (Å²) in [5.74, 6) is -0.00208. The molecule has 0 aromatic carbocycles. The lowest BCUT2D eigenvalue weighted by molar-refractivity contribution is 0.0926. The van der Waals surface area contributed by atoms with Gasteiger partial charge in [-0.1, -0.05) is 0 Å². The Bertz CT molecular complexity index is 413. The number of hydrogen-bond acceptors (Lipinski definition) is 4. The van der Waals surface area contributed by atoms with Gasteiger partial charge in [0.1, 0.15) is 0 Å². The van der Waals surface area contributed by atoms with Crippen molar-refractivity contribution in [2.45, 2.75) is 32.7 Å². The van der Waals surface area contributed by atoms with E-state index in [0.29, 0.717) is 11.8 Å². The Kier molecular flexibility index (Phi) is 4.15. The fourth-order valence-corrected chi connectivity index (χ4v) is 2.00. The molecule has 0 bridgehead atoms. The van der Waals surface area contributed by atoms with Crippen LogP contribution in [-0.4, -0.2) is 35.7 Å². The predicted molar refractivity (Wildman–Crippen MR) is 69.6 cm³/mol. The van der Waals surface area contributed by atoms with Gasteiger partial charge in [-0.05, 0) is 26.0 Å². The highest BCUT2D eigenvalue weighted by Gasteiger charge is 2.17. The molecule has 0 atom stereocenters. The van der Waals surface area contributed by atoms with E-state index in [9.17, 15) is 4.79 Å². The van der Waals surface area contributed by atoms with Gasteiger partial charge in [-0.25, -0.2) is 5.43 Å². The summed E-state index contributed by atoms with van der Waals surface area (Å²) in [7, 11) is 0. The Balaban J connectivity index is 1.83. The molecule has 0 spiro atoms. The predicted octanol–water partition coefficient (Wildman–Crippen LogP) is 1.87. The van der Waals surface area contributed by atoms with Gasteiger partial charge in [0.05, 0.1) is 6.26 Å². The number of rotatable bonds is 3. The van der Waals surface area contributed by atoms with E-state index in [1.807, 2.05) is 0 Å². The number of carbonyl (C=O) groups is 1. The molecule has 1 aromatic rings. The third-order valence-corrected chi connectivity index (χ3v) is 3.17. The van der Waals surface area contributed by atoms with Crippen LogP contribution in [0.1, 0.15) is 37.2 Å². The van der Waals surface area contributed by atoms with E-state index in [2.05, 4.69) is 29.3 Å². The molecule has 5 heteroatoms. The fraction of sp³-hybridized carbons (Fsp3) is 0.538. The minimum Gasteiger partial charge on any atom is -0.459 e. The Morgan fingerprint density at radius 3 is 2.72 bits per heavy atom. The number of nitrogens with one attached hydrogen (secondary N) is 1. The SMILES string of the molecule is CC(C)N1CCC(=NNC(=O)c2ccco2)CC1. The molecular formula is C13H19N3O2. The normalized spacial score (nSPS) is 16.9. The summed E-state index contributed by atoms with van der Waals surface area (Å²) in [5, 5.41) is 4.16. The van der Waals surface area contributed by atoms with Crippen molar-refractivity contribution in [3.05, 3.63) is 24.2 Å². The number of hydrogen-bond donors (Lipinski definition) is 1. The van der Waals surface area contributed by atoms with E-state index in [4.69, 9.17) is 4.42 Å². The molecular weight excluding hydrogens is 230 g/mol. The monoisotopic (exact) mass is 249 g/mol. The molecule has 1 fully saturated rings. The summed E-state index contributed by atoms with van der Waals surface area (Å²) in [4.78, 5) is 14.0. The second-order valence-electron chi connectivity index (χ2n) is 4.73. The van der Waals surface area contributed by atoms with Crippen LogP contribution in [0.4, 0.5) is 0 Å². The second kappa shape index (κ2) is 5.82. The zero-order valence-electron chi connectivity index (χ0n) is 10.8. The number of nitrogens with zero attached hydrogens (tertiary/aromatic N) is 2. The molecule has 1 aliphatic rings. The summed E-state index contributed by atoms with van der Waals surface area (Å²) in [6, 6.07) is 3.88. The van der Waals surface area contributed by atoms with Gasteiger partial charge in [-0.2, -0.15) is 5.10 Å². The highest BCUT2D eigenvalue weighted by atomic mass is 16.3. The smallest absolute Gasteiger partial charge is 0.307 e. The number of amides is 1. The molecule has 2 heterocycles. The first kappa shape index (κ1) is 12.8. The van der Waals surface area contributed by atoms with E-state index >= 15 is 0 Å². The van der Waals surface area contributed by atoms with Crippen LogP contribution in [0.25, 0.3) is 0 Å². The third-order valence-electron chi connectivity index (χ3n) is 3.17. The van der Waals surface area contributed by atoms with Crippen molar-refractivity contribution in [3.8, 4) is 0 Å². The van der Waals surface area contributed by atoms with E-state index in [0.717, 1.165) is 31.6 Å². The summed E-state index contributed by atoms with van der Waals surface area (Å²) in [6.07, 6.45) is 3.30. The molecule has 98 valence electrons. The lowest BCUT2D eigenvalue weighted by Crippen LogP contribution is -2.39. The summed E-state index contributed by atoms with van der Waals surface area (Å²) in [6.45, 7) is 6.40. The minimum atomic E-state index is -0.293. The zero-order chi connectivity index (χ0) is 13.0. The molecule has 2 rings (SSSR count). The van der Waals surface area contributed by atoms with Crippen LogP contribution < -0.4 is 5.43 Å². The molecule has 1 amide bonds. The van der Waals surface area contributed by atoms with Gasteiger partial charge in [-0.15, -0.1) is 0 Å². The Morgan fingerprint density at radius 1 is 1.44 bits per heavy atom. The third kappa shape index (κ3) is 3.20. The van der Waals surface area contributed by atoms with Crippen molar-refractivity contribution in [1.82, 2.24) is 10.3 Å². The van der Waals surface area contributed by atoms with Crippen LogP contribution in [0.15, 0.2) is 27.9 Å². The minimum absolute atomic E-state index is 0.291. The first-order valence-corrected chi connectivity index (χ1v) is 6.30. The summed E-state index contributed by atoms with van der Waals surface area (Å²) < 4.78 is 4.99. The molecule has 0 aliphatic carbocycles. The van der Waals surface area contributed by atoms with E-state index in [-0.39, 0.29) is 5.91 Å².